The summed E-state index contributed by atoms with van der Waals surface area (Å²) in [7, 11) is 0. The number of aryl methyl sites for hydroxylation is 1. The number of carbonyl (C=O) groups excluding carboxylic acids is 2. The van der Waals surface area contributed by atoms with Crippen LogP contribution in [0.5, 0.6) is 0 Å². The fourth-order valence-electron chi connectivity index (χ4n) is 2.21. The van der Waals surface area contributed by atoms with Crippen molar-refractivity contribution >= 4 is 29.2 Å². The predicted molar refractivity (Wildman–Crippen MR) is 68.7 cm³/mol. The summed E-state index contributed by atoms with van der Waals surface area (Å²) < 4.78 is 0. The highest BCUT2D eigenvalue weighted by Gasteiger charge is 2.46. The highest BCUT2D eigenvalue weighted by molar-refractivity contribution is 6.32. The molecule has 1 aromatic carbocycles. The van der Waals surface area contributed by atoms with E-state index in [0.717, 1.165) is 18.4 Å². The first kappa shape index (κ1) is 11.5. The van der Waals surface area contributed by atoms with Crippen molar-refractivity contribution in [3.05, 3.63) is 28.8 Å². The Balaban J connectivity index is 1.93. The lowest BCUT2D eigenvalue weighted by Crippen LogP contribution is -2.32. The van der Waals surface area contributed by atoms with Gasteiger partial charge in [-0.25, -0.2) is 9.69 Å². The molecule has 0 bridgehead atoms. The molecule has 18 heavy (non-hydrogen) atoms. The summed E-state index contributed by atoms with van der Waals surface area (Å²) in [6.45, 7) is 1.88. The number of anilines is 1. The van der Waals surface area contributed by atoms with Crippen molar-refractivity contribution in [3.63, 3.8) is 0 Å². The van der Waals surface area contributed by atoms with E-state index in [2.05, 4.69) is 5.32 Å². The second-order valence-electron chi connectivity index (χ2n) is 4.87. The number of halogens is 1. The second-order valence-corrected chi connectivity index (χ2v) is 5.28. The summed E-state index contributed by atoms with van der Waals surface area (Å²) in [5.74, 6) is 0.148. The Morgan fingerprint density at radius 3 is 2.67 bits per heavy atom. The van der Waals surface area contributed by atoms with Crippen LogP contribution in [0.1, 0.15) is 18.4 Å². The van der Waals surface area contributed by atoms with E-state index in [-0.39, 0.29) is 18.0 Å². The molecule has 1 heterocycles. The van der Waals surface area contributed by atoms with Gasteiger partial charge >= 0.3 is 6.03 Å². The predicted octanol–water partition coefficient (Wildman–Crippen LogP) is 2.48. The molecule has 1 saturated heterocycles. The number of urea groups is 1. The number of nitrogens with zero attached hydrogens (tertiary/aromatic N) is 1. The molecule has 3 amide bonds. The third-order valence-electron chi connectivity index (χ3n) is 3.48. The molecule has 1 aliphatic carbocycles. The number of hydrogen-bond donors (Lipinski definition) is 1. The quantitative estimate of drug-likeness (QED) is 0.835. The lowest BCUT2D eigenvalue weighted by atomic mass is 10.1. The Labute approximate surface area is 110 Å². The molecule has 5 heteroatoms. The second kappa shape index (κ2) is 3.99. The van der Waals surface area contributed by atoms with Crippen LogP contribution in [0.25, 0.3) is 0 Å². The van der Waals surface area contributed by atoms with Crippen LogP contribution in [-0.4, -0.2) is 18.0 Å². The average molecular weight is 265 g/mol. The van der Waals surface area contributed by atoms with E-state index >= 15 is 0 Å². The molecular formula is C13H13ClN2O2. The highest BCUT2D eigenvalue weighted by Crippen LogP contribution is 2.36. The van der Waals surface area contributed by atoms with Gasteiger partial charge in [0.1, 0.15) is 6.04 Å². The number of carbonyl (C=O) groups is 2. The van der Waals surface area contributed by atoms with Gasteiger partial charge in [0.15, 0.2) is 0 Å². The maximum Gasteiger partial charge on any atom is 0.329 e. The van der Waals surface area contributed by atoms with E-state index < -0.39 is 0 Å². The lowest BCUT2D eigenvalue weighted by molar-refractivity contribution is -0.118. The van der Waals surface area contributed by atoms with Gasteiger partial charge in [-0.05, 0) is 43.4 Å². The van der Waals surface area contributed by atoms with Crippen molar-refractivity contribution in [2.24, 2.45) is 5.92 Å². The molecule has 1 N–H and O–H groups in total. The van der Waals surface area contributed by atoms with Gasteiger partial charge in [0.25, 0.3) is 5.91 Å². The topological polar surface area (TPSA) is 49.4 Å². The highest BCUT2D eigenvalue weighted by atomic mass is 35.5. The minimum atomic E-state index is -0.350. The Morgan fingerprint density at radius 1 is 1.33 bits per heavy atom. The minimum absolute atomic E-state index is 0.164. The van der Waals surface area contributed by atoms with E-state index in [4.69, 9.17) is 11.6 Å². The molecule has 1 aliphatic heterocycles. The zero-order valence-corrected chi connectivity index (χ0v) is 10.7. The van der Waals surface area contributed by atoms with Gasteiger partial charge in [-0.1, -0.05) is 17.7 Å². The van der Waals surface area contributed by atoms with Gasteiger partial charge in [-0.3, -0.25) is 4.79 Å². The molecule has 1 atom stereocenters. The van der Waals surface area contributed by atoms with Crippen LogP contribution in [0.3, 0.4) is 0 Å². The van der Waals surface area contributed by atoms with Crippen molar-refractivity contribution in [1.29, 1.82) is 0 Å². The fourth-order valence-corrected chi connectivity index (χ4v) is 2.39. The van der Waals surface area contributed by atoms with Gasteiger partial charge in [0.05, 0.1) is 5.69 Å². The van der Waals surface area contributed by atoms with Crippen molar-refractivity contribution in [1.82, 2.24) is 5.32 Å². The largest absolute Gasteiger partial charge is 0.329 e. The minimum Gasteiger partial charge on any atom is -0.325 e. The first-order chi connectivity index (χ1) is 8.58. The SMILES string of the molecule is Cc1ccc(N2C(=O)NC(C3CC3)C2=O)cc1Cl. The Bertz CT molecular complexity index is 540. The molecule has 1 aromatic rings. The normalized spacial score (nSPS) is 23.4. The van der Waals surface area contributed by atoms with Crippen LogP contribution in [0.15, 0.2) is 18.2 Å². The summed E-state index contributed by atoms with van der Waals surface area (Å²) in [4.78, 5) is 25.3. The molecule has 94 valence electrons. The molecule has 0 aromatic heterocycles. The van der Waals surface area contributed by atoms with E-state index in [1.807, 2.05) is 13.0 Å². The van der Waals surface area contributed by atoms with Crippen molar-refractivity contribution in [2.75, 3.05) is 4.90 Å². The van der Waals surface area contributed by atoms with Gasteiger partial charge in [-0.15, -0.1) is 0 Å². The van der Waals surface area contributed by atoms with Crippen molar-refractivity contribution < 1.29 is 9.59 Å². The van der Waals surface area contributed by atoms with Gasteiger partial charge < -0.3 is 5.32 Å². The molecule has 2 aliphatic rings. The molecule has 1 unspecified atom stereocenters. The first-order valence-corrected chi connectivity index (χ1v) is 6.36. The number of hydrogen-bond acceptors (Lipinski definition) is 2. The van der Waals surface area contributed by atoms with Crippen LogP contribution in [0, 0.1) is 12.8 Å². The zero-order valence-electron chi connectivity index (χ0n) is 9.94. The standard InChI is InChI=1S/C13H13ClN2O2/c1-7-2-5-9(6-10(7)14)16-12(17)11(8-3-4-8)15-13(16)18/h2,5-6,8,11H,3-4H2,1H3,(H,15,18). The summed E-state index contributed by atoms with van der Waals surface area (Å²) in [6.07, 6.45) is 2.03. The molecule has 0 spiro atoms. The summed E-state index contributed by atoms with van der Waals surface area (Å²) in [6, 6.07) is 4.51. The van der Waals surface area contributed by atoms with Gasteiger partial charge in [-0.2, -0.15) is 0 Å². The number of imide groups is 1. The zero-order chi connectivity index (χ0) is 12.9. The van der Waals surface area contributed by atoms with Crippen LogP contribution >= 0.6 is 11.6 Å². The molecule has 1 saturated carbocycles. The van der Waals surface area contributed by atoms with E-state index in [1.165, 1.54) is 4.90 Å². The maximum atomic E-state index is 12.2. The van der Waals surface area contributed by atoms with Crippen molar-refractivity contribution in [3.8, 4) is 0 Å². The molecule has 2 fully saturated rings. The van der Waals surface area contributed by atoms with Crippen LogP contribution in [0.2, 0.25) is 5.02 Å². The Hall–Kier alpha value is -1.55. The first-order valence-electron chi connectivity index (χ1n) is 5.98. The van der Waals surface area contributed by atoms with Crippen LogP contribution in [-0.2, 0) is 4.79 Å². The maximum absolute atomic E-state index is 12.2. The number of amides is 3. The average Bonchev–Trinajstić information content (AvgIpc) is 3.11. The third-order valence-corrected chi connectivity index (χ3v) is 3.88. The van der Waals surface area contributed by atoms with Crippen LogP contribution < -0.4 is 10.2 Å². The van der Waals surface area contributed by atoms with E-state index in [9.17, 15) is 9.59 Å². The Morgan fingerprint density at radius 2 is 2.06 bits per heavy atom. The van der Waals surface area contributed by atoms with Gasteiger partial charge in [0, 0.05) is 5.02 Å². The summed E-state index contributed by atoms with van der Waals surface area (Å²) in [5.41, 5.74) is 1.46. The summed E-state index contributed by atoms with van der Waals surface area (Å²) in [5, 5.41) is 3.30. The molecule has 4 nitrogen and oxygen atoms in total. The Kier molecular flexibility index (Phi) is 2.55. The number of benzene rings is 1. The number of nitrogens with one attached hydrogen (secondary N) is 1. The van der Waals surface area contributed by atoms with Crippen molar-refractivity contribution in [2.45, 2.75) is 25.8 Å². The number of rotatable bonds is 2. The smallest absolute Gasteiger partial charge is 0.325 e. The molecule has 3 rings (SSSR count). The monoisotopic (exact) mass is 264 g/mol. The van der Waals surface area contributed by atoms with E-state index in [1.54, 1.807) is 12.1 Å². The van der Waals surface area contributed by atoms with Crippen LogP contribution in [0.4, 0.5) is 10.5 Å². The fraction of sp³-hybridized carbons (Fsp3) is 0.385. The molecular weight excluding hydrogens is 252 g/mol. The van der Waals surface area contributed by atoms with E-state index in [0.29, 0.717) is 16.6 Å². The lowest BCUT2D eigenvalue weighted by Gasteiger charge is -2.13. The van der Waals surface area contributed by atoms with Gasteiger partial charge in [0.2, 0.25) is 0 Å². The molecule has 0 radical (unpaired) electrons. The summed E-state index contributed by atoms with van der Waals surface area (Å²) >= 11 is 6.03. The third kappa shape index (κ3) is 1.77.